The average molecular weight is 438 g/mol. The van der Waals surface area contributed by atoms with Gasteiger partial charge < -0.3 is 14.7 Å². The Hall–Kier alpha value is -2.67. The lowest BCUT2D eigenvalue weighted by Gasteiger charge is -2.36. The Bertz CT molecular complexity index is 912. The molecule has 7 nitrogen and oxygen atoms in total. The maximum Gasteiger partial charge on any atom is 0.257 e. The molecule has 2 amide bonds. The Kier molecular flexibility index (Phi) is 7.25. The quantitative estimate of drug-likeness (QED) is 0.753. The first-order valence-electron chi connectivity index (χ1n) is 11.8. The maximum absolute atomic E-state index is 13.2. The minimum absolute atomic E-state index is 0.0371. The standard InChI is InChI=1S/C25H35N5O2/c1-28-13-7-6-12-21(28)15-23(31)30-14-8-11-20(18-30)24-22(16-26-27-24)25(32)29(2)17-19-9-4-3-5-10-19/h3-5,9-10,16,20-21H,6-8,11-15,17-18H2,1-2H3,(H,26,27). The van der Waals surface area contributed by atoms with Crippen LogP contribution in [0.25, 0.3) is 0 Å². The second-order valence-electron chi connectivity index (χ2n) is 9.36. The summed E-state index contributed by atoms with van der Waals surface area (Å²) in [6.45, 7) is 3.09. The van der Waals surface area contributed by atoms with Gasteiger partial charge in [-0.2, -0.15) is 5.10 Å². The van der Waals surface area contributed by atoms with E-state index in [1.807, 2.05) is 42.3 Å². The van der Waals surface area contributed by atoms with Crippen LogP contribution in [0.5, 0.6) is 0 Å². The van der Waals surface area contributed by atoms with E-state index in [1.54, 1.807) is 11.1 Å². The highest BCUT2D eigenvalue weighted by Gasteiger charge is 2.31. The van der Waals surface area contributed by atoms with Gasteiger partial charge in [-0.25, -0.2) is 0 Å². The Balaban J connectivity index is 1.40. The summed E-state index contributed by atoms with van der Waals surface area (Å²) in [7, 11) is 3.95. The van der Waals surface area contributed by atoms with Crippen molar-refractivity contribution in [3.05, 3.63) is 53.3 Å². The van der Waals surface area contributed by atoms with E-state index in [0.29, 0.717) is 31.1 Å². The van der Waals surface area contributed by atoms with Crippen molar-refractivity contribution in [2.24, 2.45) is 0 Å². The molecule has 32 heavy (non-hydrogen) atoms. The zero-order chi connectivity index (χ0) is 22.5. The molecular weight excluding hydrogens is 402 g/mol. The molecule has 1 N–H and O–H groups in total. The van der Waals surface area contributed by atoms with E-state index in [4.69, 9.17) is 0 Å². The smallest absolute Gasteiger partial charge is 0.257 e. The summed E-state index contributed by atoms with van der Waals surface area (Å²) >= 11 is 0. The predicted octanol–water partition coefficient (Wildman–Crippen LogP) is 3.26. The average Bonchev–Trinajstić information content (AvgIpc) is 3.31. The number of amides is 2. The van der Waals surface area contributed by atoms with Crippen molar-refractivity contribution >= 4 is 11.8 Å². The van der Waals surface area contributed by atoms with Crippen LogP contribution in [0, 0.1) is 0 Å². The largest absolute Gasteiger partial charge is 0.342 e. The third-order valence-corrected chi connectivity index (χ3v) is 7.02. The number of rotatable bonds is 6. The number of carbonyl (C=O) groups is 2. The minimum atomic E-state index is -0.0371. The molecule has 2 atom stereocenters. The molecule has 172 valence electrons. The van der Waals surface area contributed by atoms with Crippen LogP contribution < -0.4 is 0 Å². The molecule has 0 spiro atoms. The number of aromatic nitrogens is 2. The number of aromatic amines is 1. The number of hydrogen-bond acceptors (Lipinski definition) is 4. The molecule has 1 aromatic carbocycles. The minimum Gasteiger partial charge on any atom is -0.342 e. The molecule has 1 aromatic heterocycles. The molecule has 2 aromatic rings. The van der Waals surface area contributed by atoms with Gasteiger partial charge in [-0.1, -0.05) is 36.8 Å². The first kappa shape index (κ1) is 22.5. The highest BCUT2D eigenvalue weighted by atomic mass is 16.2. The maximum atomic E-state index is 13.2. The van der Waals surface area contributed by atoms with Gasteiger partial charge in [0, 0.05) is 45.1 Å². The van der Waals surface area contributed by atoms with Crippen LogP contribution in [-0.4, -0.2) is 76.5 Å². The fourth-order valence-electron chi connectivity index (χ4n) is 5.08. The van der Waals surface area contributed by atoms with Crippen LogP contribution in [0.4, 0.5) is 0 Å². The first-order chi connectivity index (χ1) is 15.5. The summed E-state index contributed by atoms with van der Waals surface area (Å²) in [5.74, 6) is 0.315. The number of benzene rings is 1. The van der Waals surface area contributed by atoms with Gasteiger partial charge in [0.25, 0.3) is 5.91 Å². The zero-order valence-electron chi connectivity index (χ0n) is 19.3. The van der Waals surface area contributed by atoms with Crippen molar-refractivity contribution in [3.63, 3.8) is 0 Å². The number of H-pyrrole nitrogens is 1. The molecule has 2 saturated heterocycles. The molecule has 2 aliphatic rings. The summed E-state index contributed by atoms with van der Waals surface area (Å²) < 4.78 is 0. The number of carbonyl (C=O) groups excluding carboxylic acids is 2. The molecule has 3 heterocycles. The highest BCUT2D eigenvalue weighted by Crippen LogP contribution is 2.29. The second kappa shape index (κ2) is 10.3. The fourth-order valence-corrected chi connectivity index (χ4v) is 5.08. The summed E-state index contributed by atoms with van der Waals surface area (Å²) in [4.78, 5) is 32.3. The van der Waals surface area contributed by atoms with Crippen LogP contribution in [-0.2, 0) is 11.3 Å². The topological polar surface area (TPSA) is 72.5 Å². The second-order valence-corrected chi connectivity index (χ2v) is 9.36. The number of likely N-dealkylation sites (tertiary alicyclic amines) is 2. The Morgan fingerprint density at radius 3 is 2.72 bits per heavy atom. The molecule has 2 unspecified atom stereocenters. The van der Waals surface area contributed by atoms with Gasteiger partial charge in [0.05, 0.1) is 17.5 Å². The van der Waals surface area contributed by atoms with Gasteiger partial charge in [0.1, 0.15) is 0 Å². The zero-order valence-corrected chi connectivity index (χ0v) is 19.3. The summed E-state index contributed by atoms with van der Waals surface area (Å²) in [6, 6.07) is 10.3. The molecule has 2 aliphatic heterocycles. The molecule has 4 rings (SSSR count). The van der Waals surface area contributed by atoms with Crippen molar-refractivity contribution in [3.8, 4) is 0 Å². The lowest BCUT2D eigenvalue weighted by Crippen LogP contribution is -2.44. The normalized spacial score (nSPS) is 22.0. The number of piperidine rings is 2. The van der Waals surface area contributed by atoms with Crippen molar-refractivity contribution < 1.29 is 9.59 Å². The molecular formula is C25H35N5O2. The highest BCUT2D eigenvalue weighted by molar-refractivity contribution is 5.95. The van der Waals surface area contributed by atoms with Gasteiger partial charge >= 0.3 is 0 Å². The fraction of sp³-hybridized carbons (Fsp3) is 0.560. The van der Waals surface area contributed by atoms with Crippen molar-refractivity contribution in [1.82, 2.24) is 24.9 Å². The molecule has 0 saturated carbocycles. The molecule has 7 heteroatoms. The van der Waals surface area contributed by atoms with E-state index in [9.17, 15) is 9.59 Å². The van der Waals surface area contributed by atoms with Crippen LogP contribution in [0.2, 0.25) is 0 Å². The van der Waals surface area contributed by atoms with Gasteiger partial charge in [0.15, 0.2) is 0 Å². The van der Waals surface area contributed by atoms with Gasteiger partial charge in [0.2, 0.25) is 5.91 Å². The number of nitrogens with one attached hydrogen (secondary N) is 1. The van der Waals surface area contributed by atoms with Crippen LogP contribution in [0.3, 0.4) is 0 Å². The number of nitrogens with zero attached hydrogens (tertiary/aromatic N) is 4. The molecule has 0 aliphatic carbocycles. The predicted molar refractivity (Wildman–Crippen MR) is 124 cm³/mol. The van der Waals surface area contributed by atoms with Crippen LogP contribution in [0.15, 0.2) is 36.5 Å². The summed E-state index contributed by atoms with van der Waals surface area (Å²) in [6.07, 6.45) is 7.67. The summed E-state index contributed by atoms with van der Waals surface area (Å²) in [5, 5.41) is 7.28. The van der Waals surface area contributed by atoms with Crippen molar-refractivity contribution in [1.29, 1.82) is 0 Å². The van der Waals surface area contributed by atoms with E-state index in [2.05, 4.69) is 22.1 Å². The molecule has 0 bridgehead atoms. The first-order valence-corrected chi connectivity index (χ1v) is 11.8. The van der Waals surface area contributed by atoms with Crippen molar-refractivity contribution in [2.45, 2.75) is 57.0 Å². The third-order valence-electron chi connectivity index (χ3n) is 7.02. The SMILES string of the molecule is CN(Cc1ccccc1)C(=O)c1cn[nH]c1C1CCCN(C(=O)CC2CCCCN2C)C1. The van der Waals surface area contributed by atoms with Crippen LogP contribution in [0.1, 0.15) is 66.1 Å². The lowest BCUT2D eigenvalue weighted by molar-refractivity contribution is -0.134. The third kappa shape index (κ3) is 5.21. The molecule has 2 fully saturated rings. The Labute approximate surface area is 190 Å². The number of hydrogen-bond donors (Lipinski definition) is 1. The molecule has 0 radical (unpaired) electrons. The monoisotopic (exact) mass is 437 g/mol. The summed E-state index contributed by atoms with van der Waals surface area (Å²) in [5.41, 5.74) is 2.58. The van der Waals surface area contributed by atoms with Gasteiger partial charge in [-0.05, 0) is 44.8 Å². The van der Waals surface area contributed by atoms with E-state index in [0.717, 1.165) is 43.6 Å². The van der Waals surface area contributed by atoms with Gasteiger partial charge in [-0.15, -0.1) is 0 Å². The Morgan fingerprint density at radius 2 is 1.94 bits per heavy atom. The van der Waals surface area contributed by atoms with E-state index < -0.39 is 0 Å². The van der Waals surface area contributed by atoms with E-state index in [1.165, 1.54) is 12.8 Å². The van der Waals surface area contributed by atoms with Crippen molar-refractivity contribution in [2.75, 3.05) is 33.7 Å². The lowest BCUT2D eigenvalue weighted by atomic mass is 9.91. The van der Waals surface area contributed by atoms with E-state index in [-0.39, 0.29) is 17.7 Å². The van der Waals surface area contributed by atoms with Gasteiger partial charge in [-0.3, -0.25) is 14.7 Å². The van der Waals surface area contributed by atoms with E-state index >= 15 is 0 Å². The van der Waals surface area contributed by atoms with Crippen LogP contribution >= 0.6 is 0 Å². The Morgan fingerprint density at radius 1 is 1.12 bits per heavy atom.